The zero-order valence-corrected chi connectivity index (χ0v) is 15.2. The van der Waals surface area contributed by atoms with Crippen LogP contribution in [0.1, 0.15) is 28.3 Å². The van der Waals surface area contributed by atoms with Crippen molar-refractivity contribution in [3.8, 4) is 0 Å². The number of amides is 2. The molecule has 1 aliphatic heterocycles. The Kier molecular flexibility index (Phi) is 5.08. The number of hydrogen-bond donors (Lipinski definition) is 1. The SMILES string of the molecule is Cc1nc(C(=O)N2CCCC2C(=O)Nc2cc(Cl)cc(Cl)c2)cs1. The summed E-state index contributed by atoms with van der Waals surface area (Å²) in [4.78, 5) is 31.0. The molecule has 0 saturated carbocycles. The molecule has 0 bridgehead atoms. The molecule has 0 aliphatic carbocycles. The fraction of sp³-hybridized carbons (Fsp3) is 0.312. The van der Waals surface area contributed by atoms with Crippen LogP contribution in [0.25, 0.3) is 0 Å². The molecule has 1 aromatic carbocycles. The molecule has 1 fully saturated rings. The molecule has 2 heterocycles. The Labute approximate surface area is 153 Å². The van der Waals surface area contributed by atoms with Crippen LogP contribution in [0, 0.1) is 6.92 Å². The van der Waals surface area contributed by atoms with Gasteiger partial charge in [-0.15, -0.1) is 11.3 Å². The highest BCUT2D eigenvalue weighted by Crippen LogP contribution is 2.25. The maximum Gasteiger partial charge on any atom is 0.274 e. The Hall–Kier alpha value is -1.63. The van der Waals surface area contributed by atoms with Gasteiger partial charge in [0.1, 0.15) is 11.7 Å². The monoisotopic (exact) mass is 383 g/mol. The Bertz CT molecular complexity index is 773. The molecule has 8 heteroatoms. The van der Waals surface area contributed by atoms with Gasteiger partial charge in [-0.05, 0) is 38.0 Å². The lowest BCUT2D eigenvalue weighted by Gasteiger charge is -2.23. The van der Waals surface area contributed by atoms with E-state index in [0.29, 0.717) is 34.4 Å². The zero-order chi connectivity index (χ0) is 17.3. The largest absolute Gasteiger partial charge is 0.325 e. The molecule has 3 rings (SSSR count). The fourth-order valence-electron chi connectivity index (χ4n) is 2.74. The summed E-state index contributed by atoms with van der Waals surface area (Å²) in [5.41, 5.74) is 0.907. The molecule has 2 aromatic rings. The van der Waals surface area contributed by atoms with Crippen LogP contribution in [-0.2, 0) is 4.79 Å². The quantitative estimate of drug-likeness (QED) is 0.870. The molecule has 1 N–H and O–H groups in total. The summed E-state index contributed by atoms with van der Waals surface area (Å²) in [6.45, 7) is 2.39. The molecule has 0 spiro atoms. The van der Waals surface area contributed by atoms with Crippen molar-refractivity contribution in [1.82, 2.24) is 9.88 Å². The number of aromatic nitrogens is 1. The summed E-state index contributed by atoms with van der Waals surface area (Å²) in [5, 5.41) is 6.22. The van der Waals surface area contributed by atoms with Gasteiger partial charge >= 0.3 is 0 Å². The first kappa shape index (κ1) is 17.2. The van der Waals surface area contributed by atoms with Crippen molar-refractivity contribution < 1.29 is 9.59 Å². The van der Waals surface area contributed by atoms with Crippen LogP contribution >= 0.6 is 34.5 Å². The van der Waals surface area contributed by atoms with Crippen molar-refractivity contribution in [2.24, 2.45) is 0 Å². The second kappa shape index (κ2) is 7.09. The summed E-state index contributed by atoms with van der Waals surface area (Å²) >= 11 is 13.3. The van der Waals surface area contributed by atoms with Crippen LogP contribution in [0.2, 0.25) is 10.0 Å². The van der Waals surface area contributed by atoms with Gasteiger partial charge in [-0.3, -0.25) is 9.59 Å². The van der Waals surface area contributed by atoms with Crippen LogP contribution < -0.4 is 5.32 Å². The van der Waals surface area contributed by atoms with Gasteiger partial charge in [0.05, 0.1) is 5.01 Å². The van der Waals surface area contributed by atoms with Gasteiger partial charge in [-0.25, -0.2) is 4.98 Å². The first-order valence-electron chi connectivity index (χ1n) is 7.44. The maximum atomic E-state index is 12.6. The Balaban J connectivity index is 1.75. The van der Waals surface area contributed by atoms with Gasteiger partial charge in [0.15, 0.2) is 0 Å². The molecular weight excluding hydrogens is 369 g/mol. The summed E-state index contributed by atoms with van der Waals surface area (Å²) < 4.78 is 0. The minimum absolute atomic E-state index is 0.207. The van der Waals surface area contributed by atoms with Crippen LogP contribution in [-0.4, -0.2) is 34.3 Å². The summed E-state index contributed by atoms with van der Waals surface area (Å²) in [6, 6.07) is 4.32. The first-order chi connectivity index (χ1) is 11.4. The summed E-state index contributed by atoms with van der Waals surface area (Å²) in [7, 11) is 0. The van der Waals surface area contributed by atoms with Gasteiger partial charge < -0.3 is 10.2 Å². The number of benzene rings is 1. The van der Waals surface area contributed by atoms with E-state index in [0.717, 1.165) is 11.4 Å². The highest BCUT2D eigenvalue weighted by molar-refractivity contribution is 7.09. The standard InChI is InChI=1S/C16H15Cl2N3O2S/c1-9-19-13(8-24-9)16(23)21-4-2-3-14(21)15(22)20-12-6-10(17)5-11(18)7-12/h5-8,14H,2-4H2,1H3,(H,20,22). The summed E-state index contributed by atoms with van der Waals surface area (Å²) in [6.07, 6.45) is 1.40. The van der Waals surface area contributed by atoms with Crippen molar-refractivity contribution in [3.05, 3.63) is 44.3 Å². The van der Waals surface area contributed by atoms with Gasteiger partial charge in [-0.2, -0.15) is 0 Å². The molecule has 2 amide bonds. The van der Waals surface area contributed by atoms with Crippen LogP contribution in [0.5, 0.6) is 0 Å². The second-order valence-corrected chi connectivity index (χ2v) is 7.49. The van der Waals surface area contributed by atoms with E-state index in [1.165, 1.54) is 11.3 Å². The summed E-state index contributed by atoms with van der Waals surface area (Å²) in [5.74, 6) is -0.452. The number of carbonyl (C=O) groups excluding carboxylic acids is 2. The number of hydrogen-bond acceptors (Lipinski definition) is 4. The zero-order valence-electron chi connectivity index (χ0n) is 12.9. The van der Waals surface area contributed by atoms with Crippen LogP contribution in [0.3, 0.4) is 0 Å². The lowest BCUT2D eigenvalue weighted by atomic mass is 10.2. The predicted molar refractivity (Wildman–Crippen MR) is 96.0 cm³/mol. The lowest BCUT2D eigenvalue weighted by Crippen LogP contribution is -2.43. The number of nitrogens with zero attached hydrogens (tertiary/aromatic N) is 2. The molecular formula is C16H15Cl2N3O2S. The maximum absolute atomic E-state index is 12.6. The van der Waals surface area contributed by atoms with Crippen molar-refractivity contribution in [2.45, 2.75) is 25.8 Å². The minimum atomic E-state index is -0.516. The number of likely N-dealkylation sites (tertiary alicyclic amines) is 1. The number of thiazole rings is 1. The van der Waals surface area contributed by atoms with Gasteiger partial charge in [0, 0.05) is 27.7 Å². The van der Waals surface area contributed by atoms with E-state index in [2.05, 4.69) is 10.3 Å². The Morgan fingerprint density at radius 1 is 1.29 bits per heavy atom. The fourth-order valence-corrected chi connectivity index (χ4v) is 3.86. The van der Waals surface area contributed by atoms with Crippen LogP contribution in [0.4, 0.5) is 5.69 Å². The number of nitrogens with one attached hydrogen (secondary N) is 1. The lowest BCUT2D eigenvalue weighted by molar-refractivity contribution is -0.119. The van der Waals surface area contributed by atoms with E-state index >= 15 is 0 Å². The van der Waals surface area contributed by atoms with E-state index < -0.39 is 6.04 Å². The van der Waals surface area contributed by atoms with Gasteiger partial charge in [0.2, 0.25) is 5.91 Å². The van der Waals surface area contributed by atoms with E-state index in [-0.39, 0.29) is 11.8 Å². The predicted octanol–water partition coefficient (Wildman–Crippen LogP) is 4.00. The molecule has 1 aromatic heterocycles. The number of aryl methyl sites for hydroxylation is 1. The van der Waals surface area contributed by atoms with E-state index in [4.69, 9.17) is 23.2 Å². The first-order valence-corrected chi connectivity index (χ1v) is 9.07. The molecule has 1 saturated heterocycles. The molecule has 0 radical (unpaired) electrons. The highest BCUT2D eigenvalue weighted by atomic mass is 35.5. The topological polar surface area (TPSA) is 62.3 Å². The van der Waals surface area contributed by atoms with Crippen molar-refractivity contribution >= 4 is 52.0 Å². The Morgan fingerprint density at radius 3 is 2.62 bits per heavy atom. The molecule has 1 aliphatic rings. The average molecular weight is 384 g/mol. The molecule has 126 valence electrons. The third-order valence-corrected chi connectivity index (χ3v) is 4.99. The molecule has 5 nitrogen and oxygen atoms in total. The van der Waals surface area contributed by atoms with E-state index in [9.17, 15) is 9.59 Å². The smallest absolute Gasteiger partial charge is 0.274 e. The van der Waals surface area contributed by atoms with Crippen molar-refractivity contribution in [1.29, 1.82) is 0 Å². The van der Waals surface area contributed by atoms with E-state index in [1.807, 2.05) is 6.92 Å². The minimum Gasteiger partial charge on any atom is -0.325 e. The Morgan fingerprint density at radius 2 is 2.00 bits per heavy atom. The molecule has 1 unspecified atom stereocenters. The van der Waals surface area contributed by atoms with E-state index in [1.54, 1.807) is 28.5 Å². The average Bonchev–Trinajstić information content (AvgIpc) is 3.14. The van der Waals surface area contributed by atoms with Crippen molar-refractivity contribution in [2.75, 3.05) is 11.9 Å². The third-order valence-electron chi connectivity index (χ3n) is 3.78. The third kappa shape index (κ3) is 3.71. The number of halogens is 2. The number of rotatable bonds is 3. The number of anilines is 1. The molecule has 1 atom stereocenters. The van der Waals surface area contributed by atoms with Crippen molar-refractivity contribution in [3.63, 3.8) is 0 Å². The van der Waals surface area contributed by atoms with Gasteiger partial charge in [0.25, 0.3) is 5.91 Å². The highest BCUT2D eigenvalue weighted by Gasteiger charge is 2.35. The van der Waals surface area contributed by atoms with Gasteiger partial charge in [-0.1, -0.05) is 23.2 Å². The molecule has 24 heavy (non-hydrogen) atoms. The normalized spacial score (nSPS) is 17.1. The van der Waals surface area contributed by atoms with Crippen LogP contribution in [0.15, 0.2) is 23.6 Å². The number of carbonyl (C=O) groups is 2. The second-order valence-electron chi connectivity index (χ2n) is 5.56.